The van der Waals surface area contributed by atoms with Crippen molar-refractivity contribution in [1.82, 2.24) is 4.90 Å². The molecular weight excluding hydrogens is 457 g/mol. The molecule has 0 aliphatic carbocycles. The summed E-state index contributed by atoms with van der Waals surface area (Å²) in [5, 5.41) is 0. The fraction of sp³-hybridized carbons (Fsp3) is 0.296. The average molecular weight is 485 g/mol. The fourth-order valence-corrected chi connectivity index (χ4v) is 4.11. The third kappa shape index (κ3) is 6.33. The van der Waals surface area contributed by atoms with Gasteiger partial charge >= 0.3 is 12.1 Å². The van der Waals surface area contributed by atoms with Crippen LogP contribution in [0.4, 0.5) is 18.9 Å². The van der Waals surface area contributed by atoms with E-state index >= 15 is 0 Å². The molecule has 1 aliphatic heterocycles. The van der Waals surface area contributed by atoms with E-state index in [1.165, 1.54) is 12.1 Å². The number of alkyl halides is 3. The summed E-state index contributed by atoms with van der Waals surface area (Å²) >= 11 is 0. The topological polar surface area (TPSA) is 42.0 Å². The molecule has 0 bridgehead atoms. The first-order valence-electron chi connectivity index (χ1n) is 11.4. The molecule has 3 aromatic rings. The minimum absolute atomic E-state index is 0.120. The Hall–Kier alpha value is -3.52. The van der Waals surface area contributed by atoms with E-state index in [1.54, 1.807) is 7.11 Å². The minimum atomic E-state index is -4.53. The number of benzene rings is 3. The van der Waals surface area contributed by atoms with E-state index in [4.69, 9.17) is 9.47 Å². The van der Waals surface area contributed by atoms with Gasteiger partial charge < -0.3 is 14.4 Å². The molecule has 0 amide bonds. The fourth-order valence-electron chi connectivity index (χ4n) is 4.11. The number of halogens is 3. The molecule has 184 valence electrons. The van der Waals surface area contributed by atoms with Crippen LogP contribution in [0, 0.1) is 0 Å². The number of hydrogen-bond donors (Lipinski definition) is 0. The number of rotatable bonds is 7. The third-order valence-electron chi connectivity index (χ3n) is 6.08. The van der Waals surface area contributed by atoms with Crippen LogP contribution in [0.2, 0.25) is 0 Å². The molecule has 0 radical (unpaired) electrons. The van der Waals surface area contributed by atoms with Gasteiger partial charge in [-0.25, -0.2) is 4.79 Å². The summed E-state index contributed by atoms with van der Waals surface area (Å²) in [6.45, 7) is 3.57. The summed E-state index contributed by atoms with van der Waals surface area (Å²) < 4.78 is 50.2. The Labute approximate surface area is 202 Å². The summed E-state index contributed by atoms with van der Waals surface area (Å²) in [5.74, 6) is 0.0301. The van der Waals surface area contributed by atoms with Crippen molar-refractivity contribution in [1.29, 1.82) is 0 Å². The average Bonchev–Trinajstić information content (AvgIpc) is 2.89. The van der Waals surface area contributed by atoms with Gasteiger partial charge in [0.2, 0.25) is 0 Å². The summed E-state index contributed by atoms with van der Waals surface area (Å²) in [6, 6.07) is 21.5. The van der Waals surface area contributed by atoms with E-state index in [1.807, 2.05) is 54.6 Å². The summed E-state index contributed by atoms with van der Waals surface area (Å²) in [5.41, 5.74) is 0.911. The van der Waals surface area contributed by atoms with E-state index in [0.717, 1.165) is 55.3 Å². The molecule has 1 fully saturated rings. The quantitative estimate of drug-likeness (QED) is 0.418. The zero-order valence-electron chi connectivity index (χ0n) is 19.4. The summed E-state index contributed by atoms with van der Waals surface area (Å²) in [6.07, 6.45) is -5.13. The molecular formula is C27H27F3N2O3. The summed E-state index contributed by atoms with van der Waals surface area (Å²) in [4.78, 5) is 17.3. The molecule has 1 saturated heterocycles. The van der Waals surface area contributed by atoms with Gasteiger partial charge in [-0.15, -0.1) is 0 Å². The lowest BCUT2D eigenvalue weighted by molar-refractivity contribution is -0.137. The zero-order chi connectivity index (χ0) is 24.8. The van der Waals surface area contributed by atoms with E-state index in [9.17, 15) is 18.0 Å². The first-order chi connectivity index (χ1) is 16.8. The van der Waals surface area contributed by atoms with Gasteiger partial charge in [0.05, 0.1) is 18.2 Å². The molecule has 3 aromatic carbocycles. The Morgan fingerprint density at radius 1 is 0.914 bits per heavy atom. The molecule has 1 aliphatic rings. The van der Waals surface area contributed by atoms with Crippen LogP contribution in [0.1, 0.15) is 27.6 Å². The SMILES string of the molecule is COc1ccc(N2CCN(CC(OC(=O)c3cccc(C(F)(F)F)c3)c3ccccc3)CC2)cc1. The number of piperazine rings is 1. The zero-order valence-corrected chi connectivity index (χ0v) is 19.4. The van der Waals surface area contributed by atoms with Crippen molar-refractivity contribution in [3.8, 4) is 5.75 Å². The number of anilines is 1. The molecule has 35 heavy (non-hydrogen) atoms. The van der Waals surface area contributed by atoms with Crippen LogP contribution in [0.5, 0.6) is 5.75 Å². The maximum absolute atomic E-state index is 13.1. The lowest BCUT2D eigenvalue weighted by atomic mass is 10.1. The maximum Gasteiger partial charge on any atom is 0.416 e. The van der Waals surface area contributed by atoms with Crippen molar-refractivity contribution in [3.63, 3.8) is 0 Å². The second-order valence-electron chi connectivity index (χ2n) is 8.37. The van der Waals surface area contributed by atoms with Gasteiger partial charge in [-0.1, -0.05) is 36.4 Å². The van der Waals surface area contributed by atoms with Gasteiger partial charge in [0.25, 0.3) is 0 Å². The molecule has 0 saturated carbocycles. The highest BCUT2D eigenvalue weighted by molar-refractivity contribution is 5.89. The Balaban J connectivity index is 1.43. The molecule has 8 heteroatoms. The van der Waals surface area contributed by atoms with Gasteiger partial charge in [-0.3, -0.25) is 4.90 Å². The Bertz CT molecular complexity index is 1110. The standard InChI is InChI=1S/C27H27F3N2O3/c1-34-24-12-10-23(11-13-24)32-16-14-31(15-17-32)19-25(20-6-3-2-4-7-20)35-26(33)21-8-5-9-22(18-21)27(28,29)30/h2-13,18,25H,14-17,19H2,1H3. The van der Waals surface area contributed by atoms with Gasteiger partial charge in [0.15, 0.2) is 0 Å². The van der Waals surface area contributed by atoms with Gasteiger partial charge in [0, 0.05) is 38.4 Å². The van der Waals surface area contributed by atoms with Crippen LogP contribution < -0.4 is 9.64 Å². The highest BCUT2D eigenvalue weighted by Crippen LogP contribution is 2.30. The smallest absolute Gasteiger partial charge is 0.416 e. The highest BCUT2D eigenvalue weighted by atomic mass is 19.4. The maximum atomic E-state index is 13.1. The lowest BCUT2D eigenvalue weighted by Gasteiger charge is -2.37. The largest absolute Gasteiger partial charge is 0.497 e. The second-order valence-corrected chi connectivity index (χ2v) is 8.37. The Kier molecular flexibility index (Phi) is 7.60. The number of esters is 1. The van der Waals surface area contributed by atoms with Gasteiger partial charge in [0.1, 0.15) is 11.9 Å². The molecule has 0 aromatic heterocycles. The van der Waals surface area contributed by atoms with E-state index in [2.05, 4.69) is 9.80 Å². The molecule has 0 N–H and O–H groups in total. The molecule has 4 rings (SSSR count). The highest BCUT2D eigenvalue weighted by Gasteiger charge is 2.31. The van der Waals surface area contributed by atoms with E-state index < -0.39 is 23.8 Å². The van der Waals surface area contributed by atoms with Crippen molar-refractivity contribution in [2.75, 3.05) is 44.7 Å². The van der Waals surface area contributed by atoms with Crippen molar-refractivity contribution in [2.24, 2.45) is 0 Å². The predicted octanol–water partition coefficient (Wildman–Crippen LogP) is 5.43. The normalized spacial score (nSPS) is 15.5. The summed E-state index contributed by atoms with van der Waals surface area (Å²) in [7, 11) is 1.64. The molecule has 1 heterocycles. The van der Waals surface area contributed by atoms with Gasteiger partial charge in [-0.2, -0.15) is 13.2 Å². The van der Waals surface area contributed by atoms with Crippen LogP contribution in [-0.4, -0.2) is 50.7 Å². The first-order valence-corrected chi connectivity index (χ1v) is 11.4. The third-order valence-corrected chi connectivity index (χ3v) is 6.08. The lowest BCUT2D eigenvalue weighted by Crippen LogP contribution is -2.47. The molecule has 0 spiro atoms. The van der Waals surface area contributed by atoms with Crippen LogP contribution in [0.25, 0.3) is 0 Å². The number of ether oxygens (including phenoxy) is 2. The minimum Gasteiger partial charge on any atom is -0.497 e. The molecule has 5 nitrogen and oxygen atoms in total. The van der Waals surface area contributed by atoms with E-state index in [-0.39, 0.29) is 5.56 Å². The monoisotopic (exact) mass is 484 g/mol. The number of carbonyl (C=O) groups is 1. The van der Waals surface area contributed by atoms with Crippen LogP contribution in [0.3, 0.4) is 0 Å². The predicted molar refractivity (Wildman–Crippen MR) is 128 cm³/mol. The van der Waals surface area contributed by atoms with Crippen LogP contribution >= 0.6 is 0 Å². The van der Waals surface area contributed by atoms with Crippen LogP contribution in [0.15, 0.2) is 78.9 Å². The Morgan fingerprint density at radius 3 is 2.23 bits per heavy atom. The Morgan fingerprint density at radius 2 is 1.60 bits per heavy atom. The van der Waals surface area contributed by atoms with Gasteiger partial charge in [-0.05, 0) is 48.0 Å². The van der Waals surface area contributed by atoms with E-state index in [0.29, 0.717) is 6.54 Å². The van der Waals surface area contributed by atoms with Crippen molar-refractivity contribution in [2.45, 2.75) is 12.3 Å². The molecule has 1 unspecified atom stereocenters. The van der Waals surface area contributed by atoms with Crippen molar-refractivity contribution in [3.05, 3.63) is 95.6 Å². The van der Waals surface area contributed by atoms with Crippen LogP contribution in [-0.2, 0) is 10.9 Å². The van der Waals surface area contributed by atoms with Crippen molar-refractivity contribution < 1.29 is 27.4 Å². The second kappa shape index (κ2) is 10.8. The van der Waals surface area contributed by atoms with Crippen molar-refractivity contribution >= 4 is 11.7 Å². The molecule has 1 atom stereocenters. The number of hydrogen-bond acceptors (Lipinski definition) is 5. The first kappa shape index (κ1) is 24.6. The number of nitrogens with zero attached hydrogens (tertiary/aromatic N) is 2. The number of carbonyl (C=O) groups excluding carboxylic acids is 1. The number of methoxy groups -OCH3 is 1.